The zero-order chi connectivity index (χ0) is 23.8. The predicted octanol–water partition coefficient (Wildman–Crippen LogP) is 2.86. The van der Waals surface area contributed by atoms with Gasteiger partial charge >= 0.3 is 5.97 Å². The summed E-state index contributed by atoms with van der Waals surface area (Å²) in [7, 11) is 4.32. The van der Waals surface area contributed by atoms with Crippen LogP contribution in [-0.4, -0.2) is 75.5 Å². The summed E-state index contributed by atoms with van der Waals surface area (Å²) in [5, 5.41) is 0.358. The number of carbonyl (C=O) groups excluding carboxylic acids is 2. The average molecular weight is 477 g/mol. The first-order chi connectivity index (χ1) is 16.0. The second-order valence-corrected chi connectivity index (χ2v) is 7.40. The van der Waals surface area contributed by atoms with Gasteiger partial charge in [0, 0.05) is 18.8 Å². The van der Waals surface area contributed by atoms with E-state index in [1.807, 2.05) is 0 Å². The molecule has 1 atom stereocenters. The maximum Gasteiger partial charge on any atom is 0.339 e. The van der Waals surface area contributed by atoms with Crippen LogP contribution in [0.3, 0.4) is 0 Å². The van der Waals surface area contributed by atoms with E-state index in [-0.39, 0.29) is 24.2 Å². The lowest BCUT2D eigenvalue weighted by Crippen LogP contribution is -2.47. The minimum Gasteiger partial charge on any atom is -0.493 e. The second-order valence-electron chi connectivity index (χ2n) is 7.03. The maximum atomic E-state index is 12.7. The first-order valence-electron chi connectivity index (χ1n) is 10.1. The summed E-state index contributed by atoms with van der Waals surface area (Å²) in [6, 6.07) is 5.01. The summed E-state index contributed by atoms with van der Waals surface area (Å²) in [6.45, 7) is 1.39. The van der Waals surface area contributed by atoms with E-state index in [0.29, 0.717) is 47.5 Å². The summed E-state index contributed by atoms with van der Waals surface area (Å²) in [4.78, 5) is 30.0. The van der Waals surface area contributed by atoms with Crippen molar-refractivity contribution in [3.63, 3.8) is 0 Å². The molecule has 0 radical (unpaired) electrons. The zero-order valence-corrected chi connectivity index (χ0v) is 19.3. The highest BCUT2D eigenvalue weighted by molar-refractivity contribution is 6.33. The van der Waals surface area contributed by atoms with Crippen LogP contribution >= 0.6 is 11.6 Å². The molecule has 176 valence electrons. The topological polar surface area (TPSA) is 96.4 Å². The van der Waals surface area contributed by atoms with E-state index in [1.54, 1.807) is 29.2 Å². The van der Waals surface area contributed by atoms with Crippen molar-refractivity contribution in [2.75, 3.05) is 47.6 Å². The van der Waals surface area contributed by atoms with E-state index in [9.17, 15) is 9.59 Å². The van der Waals surface area contributed by atoms with Gasteiger partial charge in [-0.2, -0.15) is 0 Å². The fourth-order valence-electron chi connectivity index (χ4n) is 3.24. The van der Waals surface area contributed by atoms with E-state index in [4.69, 9.17) is 30.5 Å². The minimum absolute atomic E-state index is 0.177. The van der Waals surface area contributed by atoms with Crippen molar-refractivity contribution in [3.8, 4) is 17.2 Å². The Bertz CT molecular complexity index is 1030. The van der Waals surface area contributed by atoms with Gasteiger partial charge in [-0.25, -0.2) is 4.79 Å². The van der Waals surface area contributed by atoms with Crippen LogP contribution in [0.1, 0.15) is 15.9 Å². The number of morpholine rings is 1. The van der Waals surface area contributed by atoms with E-state index in [1.165, 1.54) is 39.8 Å². The molecule has 1 saturated heterocycles. The fourth-order valence-corrected chi connectivity index (χ4v) is 3.53. The molecule has 33 heavy (non-hydrogen) atoms. The van der Waals surface area contributed by atoms with Gasteiger partial charge in [0.15, 0.2) is 11.5 Å². The molecule has 0 aliphatic carbocycles. The Morgan fingerprint density at radius 2 is 2.06 bits per heavy atom. The molecule has 10 heteroatoms. The summed E-state index contributed by atoms with van der Waals surface area (Å²) in [5.41, 5.74) is 0.920. The standard InChI is InChI=1S/C23H25ClN2O7/c1-29-19-6-4-15(21(24)22(19)30-2)5-7-20(27)26-8-9-32-18(13-26)14-33-17-10-16(11-25-12-17)23(28)31-3/h4-7,10-12,18H,8-9,13-14H2,1-3H3. The van der Waals surface area contributed by atoms with Crippen molar-refractivity contribution in [2.24, 2.45) is 0 Å². The lowest BCUT2D eigenvalue weighted by atomic mass is 10.1. The number of halogens is 1. The highest BCUT2D eigenvalue weighted by Gasteiger charge is 2.24. The Balaban J connectivity index is 1.59. The smallest absolute Gasteiger partial charge is 0.339 e. The SMILES string of the molecule is COC(=O)c1cncc(OCC2CN(C(=O)C=Cc3ccc(OC)c(OC)c3Cl)CCO2)c1. The molecule has 0 spiro atoms. The third-order valence-corrected chi connectivity index (χ3v) is 5.33. The number of hydrogen-bond acceptors (Lipinski definition) is 8. The maximum absolute atomic E-state index is 12.7. The van der Waals surface area contributed by atoms with Gasteiger partial charge in [0.1, 0.15) is 18.5 Å². The molecule has 1 amide bonds. The average Bonchev–Trinajstić information content (AvgIpc) is 2.86. The molecule has 2 aromatic rings. The highest BCUT2D eigenvalue weighted by Crippen LogP contribution is 2.37. The predicted molar refractivity (Wildman–Crippen MR) is 121 cm³/mol. The monoisotopic (exact) mass is 476 g/mol. The number of hydrogen-bond donors (Lipinski definition) is 0. The number of benzene rings is 1. The van der Waals surface area contributed by atoms with Gasteiger partial charge in [0.25, 0.3) is 0 Å². The molecule has 9 nitrogen and oxygen atoms in total. The molecule has 1 aliphatic heterocycles. The molecule has 1 fully saturated rings. The second kappa shape index (κ2) is 11.5. The normalized spacial score (nSPS) is 15.9. The molecule has 3 rings (SSSR count). The van der Waals surface area contributed by atoms with Crippen LogP contribution in [0.4, 0.5) is 0 Å². The number of esters is 1. The number of methoxy groups -OCH3 is 3. The third-order valence-electron chi connectivity index (χ3n) is 4.94. The van der Waals surface area contributed by atoms with Crippen molar-refractivity contribution in [2.45, 2.75) is 6.10 Å². The van der Waals surface area contributed by atoms with Gasteiger partial charge in [-0.3, -0.25) is 9.78 Å². The van der Waals surface area contributed by atoms with E-state index in [2.05, 4.69) is 9.72 Å². The van der Waals surface area contributed by atoms with E-state index < -0.39 is 5.97 Å². The molecule has 1 aromatic carbocycles. The Hall–Kier alpha value is -3.30. The number of carbonyl (C=O) groups is 2. The molecule has 0 N–H and O–H groups in total. The molecule has 1 aromatic heterocycles. The number of pyridine rings is 1. The number of amides is 1. The zero-order valence-electron chi connectivity index (χ0n) is 18.6. The minimum atomic E-state index is -0.500. The number of rotatable bonds is 8. The summed E-state index contributed by atoms with van der Waals surface area (Å²) >= 11 is 6.37. The van der Waals surface area contributed by atoms with Crippen LogP contribution in [0.5, 0.6) is 17.2 Å². The van der Waals surface area contributed by atoms with Crippen molar-refractivity contribution in [1.82, 2.24) is 9.88 Å². The Labute approximate surface area is 196 Å². The van der Waals surface area contributed by atoms with Crippen LogP contribution in [0.25, 0.3) is 6.08 Å². The van der Waals surface area contributed by atoms with E-state index in [0.717, 1.165) is 0 Å². The fraction of sp³-hybridized carbons (Fsp3) is 0.348. The lowest BCUT2D eigenvalue weighted by Gasteiger charge is -2.32. The quantitative estimate of drug-likeness (QED) is 0.424. The first kappa shape index (κ1) is 24.3. The van der Waals surface area contributed by atoms with Gasteiger partial charge < -0.3 is 28.6 Å². The number of nitrogens with zero attached hydrogens (tertiary/aromatic N) is 2. The van der Waals surface area contributed by atoms with Gasteiger partial charge in [-0.15, -0.1) is 0 Å². The van der Waals surface area contributed by atoms with Gasteiger partial charge in [-0.1, -0.05) is 11.6 Å². The molecule has 1 unspecified atom stereocenters. The molecule has 2 heterocycles. The number of aromatic nitrogens is 1. The van der Waals surface area contributed by atoms with Crippen molar-refractivity contribution < 1.29 is 33.3 Å². The lowest BCUT2D eigenvalue weighted by molar-refractivity contribution is -0.134. The molecule has 0 saturated carbocycles. The van der Waals surface area contributed by atoms with Crippen LogP contribution in [-0.2, 0) is 14.3 Å². The van der Waals surface area contributed by atoms with Crippen molar-refractivity contribution >= 4 is 29.6 Å². The highest BCUT2D eigenvalue weighted by atomic mass is 35.5. The molecular weight excluding hydrogens is 452 g/mol. The summed E-state index contributed by atoms with van der Waals surface area (Å²) < 4.78 is 26.6. The van der Waals surface area contributed by atoms with Crippen molar-refractivity contribution in [3.05, 3.63) is 52.8 Å². The summed E-state index contributed by atoms with van der Waals surface area (Å²) in [6.07, 6.45) is 5.65. The third kappa shape index (κ3) is 6.15. The molecule has 1 aliphatic rings. The Morgan fingerprint density at radius 3 is 2.79 bits per heavy atom. The first-order valence-corrected chi connectivity index (χ1v) is 10.5. The Morgan fingerprint density at radius 1 is 1.24 bits per heavy atom. The van der Waals surface area contributed by atoms with E-state index >= 15 is 0 Å². The van der Waals surface area contributed by atoms with Gasteiger partial charge in [0.2, 0.25) is 5.91 Å². The molecule has 0 bridgehead atoms. The van der Waals surface area contributed by atoms with Crippen molar-refractivity contribution in [1.29, 1.82) is 0 Å². The largest absolute Gasteiger partial charge is 0.493 e. The summed E-state index contributed by atoms with van der Waals surface area (Å²) in [5.74, 6) is 0.647. The van der Waals surface area contributed by atoms with Crippen LogP contribution < -0.4 is 14.2 Å². The van der Waals surface area contributed by atoms with Crippen LogP contribution in [0, 0.1) is 0 Å². The molecular formula is C23H25ClN2O7. The van der Waals surface area contributed by atoms with Gasteiger partial charge in [-0.05, 0) is 29.8 Å². The van der Waals surface area contributed by atoms with Gasteiger partial charge in [0.05, 0.1) is 51.3 Å². The Kier molecular flexibility index (Phi) is 8.51. The number of ether oxygens (including phenoxy) is 5. The van der Waals surface area contributed by atoms with Crippen LogP contribution in [0.15, 0.2) is 36.7 Å². The van der Waals surface area contributed by atoms with Crippen LogP contribution in [0.2, 0.25) is 5.02 Å².